The van der Waals surface area contributed by atoms with E-state index in [-0.39, 0.29) is 32.2 Å². The number of quaternary nitrogens is 1. The maximum Gasteiger partial charge on any atom is 0.472 e. The summed E-state index contributed by atoms with van der Waals surface area (Å²) >= 11 is 0. The van der Waals surface area contributed by atoms with Gasteiger partial charge in [0.25, 0.3) is 0 Å². The predicted molar refractivity (Wildman–Crippen MR) is 260 cm³/mol. The minimum atomic E-state index is -4.31. The minimum absolute atomic E-state index is 0.0628. The molecule has 0 aliphatic heterocycles. The molecule has 0 aromatic rings. The van der Waals surface area contributed by atoms with E-state index in [9.17, 15) is 14.3 Å². The molecule has 0 heterocycles. The van der Waals surface area contributed by atoms with Crippen LogP contribution in [-0.4, -0.2) is 75.6 Å². The van der Waals surface area contributed by atoms with Crippen LogP contribution in [0.15, 0.2) is 134 Å². The van der Waals surface area contributed by atoms with E-state index < -0.39 is 13.9 Å². The highest BCUT2D eigenvalue weighted by atomic mass is 31.2. The third-order valence-electron chi connectivity index (χ3n) is 8.71. The van der Waals surface area contributed by atoms with Crippen LogP contribution in [0.5, 0.6) is 0 Å². The van der Waals surface area contributed by atoms with Crippen LogP contribution in [0.3, 0.4) is 0 Å². The molecular formula is C52H85NO7P+. The van der Waals surface area contributed by atoms with Gasteiger partial charge in [0.2, 0.25) is 0 Å². The zero-order valence-corrected chi connectivity index (χ0v) is 39.7. The van der Waals surface area contributed by atoms with E-state index in [2.05, 4.69) is 148 Å². The molecule has 0 aliphatic rings. The Bertz CT molecular complexity index is 1420. The van der Waals surface area contributed by atoms with E-state index in [0.29, 0.717) is 24.1 Å². The zero-order chi connectivity index (χ0) is 44.8. The number of phosphoric ester groups is 1. The van der Waals surface area contributed by atoms with E-state index in [1.165, 1.54) is 0 Å². The molecule has 1 N–H and O–H groups in total. The lowest BCUT2D eigenvalue weighted by molar-refractivity contribution is -0.870. The first-order valence-corrected chi connectivity index (χ1v) is 24.4. The molecule has 61 heavy (non-hydrogen) atoms. The van der Waals surface area contributed by atoms with Gasteiger partial charge in [-0.25, -0.2) is 4.57 Å². The molecule has 2 unspecified atom stereocenters. The van der Waals surface area contributed by atoms with Crippen molar-refractivity contribution in [3.05, 3.63) is 134 Å². The van der Waals surface area contributed by atoms with Gasteiger partial charge in [-0.1, -0.05) is 148 Å². The number of carbonyl (C=O) groups excluding carboxylic acids is 1. The fourth-order valence-corrected chi connectivity index (χ4v) is 5.97. The summed E-state index contributed by atoms with van der Waals surface area (Å²) in [7, 11) is 1.58. The molecule has 0 spiro atoms. The molecule has 0 radical (unpaired) electrons. The molecule has 0 aromatic carbocycles. The fourth-order valence-electron chi connectivity index (χ4n) is 5.23. The third kappa shape index (κ3) is 47.5. The van der Waals surface area contributed by atoms with E-state index in [0.717, 1.165) is 103 Å². The number of hydrogen-bond acceptors (Lipinski definition) is 6. The van der Waals surface area contributed by atoms with Crippen molar-refractivity contribution in [2.75, 3.05) is 54.1 Å². The lowest BCUT2D eigenvalue weighted by Gasteiger charge is -2.24. The van der Waals surface area contributed by atoms with Gasteiger partial charge in [-0.15, -0.1) is 0 Å². The largest absolute Gasteiger partial charge is 0.472 e. The highest BCUT2D eigenvalue weighted by Crippen LogP contribution is 2.43. The number of allylic oxidation sites excluding steroid dienone is 22. The van der Waals surface area contributed by atoms with Gasteiger partial charge in [0.05, 0.1) is 34.4 Å². The molecular weight excluding hydrogens is 782 g/mol. The van der Waals surface area contributed by atoms with Crippen LogP contribution in [-0.2, 0) is 27.9 Å². The summed E-state index contributed by atoms with van der Waals surface area (Å²) in [4.78, 5) is 22.9. The first-order valence-electron chi connectivity index (χ1n) is 22.9. The van der Waals surface area contributed by atoms with E-state index >= 15 is 0 Å². The molecule has 8 nitrogen and oxygen atoms in total. The molecule has 0 saturated heterocycles. The third-order valence-corrected chi connectivity index (χ3v) is 9.69. The number of unbranched alkanes of at least 4 members (excludes halogenated alkanes) is 4. The maximum atomic E-state index is 12.7. The van der Waals surface area contributed by atoms with Gasteiger partial charge in [0, 0.05) is 13.0 Å². The van der Waals surface area contributed by atoms with Gasteiger partial charge in [-0.05, 0) is 109 Å². The summed E-state index contributed by atoms with van der Waals surface area (Å²) in [6.45, 7) is 5.16. The number of esters is 1. The smallest absolute Gasteiger partial charge is 0.457 e. The van der Waals surface area contributed by atoms with Crippen LogP contribution in [0.2, 0.25) is 0 Å². The molecule has 9 heteroatoms. The van der Waals surface area contributed by atoms with Gasteiger partial charge in [-0.2, -0.15) is 0 Å². The number of likely N-dealkylation sites (N-methyl/N-ethyl adjacent to an activating group) is 1. The Balaban J connectivity index is 4.39. The van der Waals surface area contributed by atoms with Gasteiger partial charge in [0.1, 0.15) is 19.3 Å². The summed E-state index contributed by atoms with van der Waals surface area (Å²) in [5, 5.41) is 0. The number of rotatable bonds is 40. The Hall–Kier alpha value is -3.36. The first-order chi connectivity index (χ1) is 29.6. The van der Waals surface area contributed by atoms with Gasteiger partial charge < -0.3 is 18.9 Å². The Morgan fingerprint density at radius 1 is 0.508 bits per heavy atom. The second kappa shape index (κ2) is 43.3. The zero-order valence-electron chi connectivity index (χ0n) is 38.8. The van der Waals surface area contributed by atoms with E-state index in [4.69, 9.17) is 18.5 Å². The number of hydrogen-bond donors (Lipinski definition) is 1. The molecule has 2 atom stereocenters. The molecule has 0 aromatic heterocycles. The molecule has 344 valence electrons. The molecule has 0 amide bonds. The van der Waals surface area contributed by atoms with Gasteiger partial charge in [0.15, 0.2) is 0 Å². The molecule has 0 rings (SSSR count). The van der Waals surface area contributed by atoms with Gasteiger partial charge >= 0.3 is 13.8 Å². The van der Waals surface area contributed by atoms with Crippen LogP contribution < -0.4 is 0 Å². The van der Waals surface area contributed by atoms with Crippen molar-refractivity contribution < 1.29 is 37.3 Å². The van der Waals surface area contributed by atoms with Crippen LogP contribution in [0, 0.1) is 0 Å². The second-order valence-electron chi connectivity index (χ2n) is 15.7. The van der Waals surface area contributed by atoms with Crippen LogP contribution in [0.1, 0.15) is 129 Å². The van der Waals surface area contributed by atoms with Crippen LogP contribution in [0.4, 0.5) is 0 Å². The number of nitrogens with zero attached hydrogens (tertiary/aromatic N) is 1. The van der Waals surface area contributed by atoms with Crippen molar-refractivity contribution in [2.45, 2.75) is 136 Å². The number of ether oxygens (including phenoxy) is 2. The lowest BCUT2D eigenvalue weighted by atomic mass is 10.2. The summed E-state index contributed by atoms with van der Waals surface area (Å²) in [5.74, 6) is -0.377. The van der Waals surface area contributed by atoms with Gasteiger partial charge in [-0.3, -0.25) is 13.8 Å². The first kappa shape index (κ1) is 57.6. The Morgan fingerprint density at radius 3 is 1.28 bits per heavy atom. The second-order valence-corrected chi connectivity index (χ2v) is 17.1. The average molecular weight is 867 g/mol. The maximum absolute atomic E-state index is 12.7. The number of carbonyl (C=O) groups is 1. The van der Waals surface area contributed by atoms with Crippen molar-refractivity contribution in [1.82, 2.24) is 0 Å². The quantitative estimate of drug-likeness (QED) is 0.0216. The normalized spacial score (nSPS) is 14.9. The average Bonchev–Trinajstić information content (AvgIpc) is 3.22. The molecule has 0 bridgehead atoms. The Labute approximate surface area is 373 Å². The SMILES string of the molecule is CC/C=C\C/C=C\C/C=C\C/C=C\C/C=C\C/C=C\C/C=C\CCCCOCC(COP(=O)(O)OCC[N+](C)(C)C)OC(=O)CCCC/C=C\C/C=C\C/C=C\C/C=C\CC. The molecule has 0 fully saturated rings. The minimum Gasteiger partial charge on any atom is -0.457 e. The fraction of sp³-hybridized carbons (Fsp3) is 0.558. The highest BCUT2D eigenvalue weighted by molar-refractivity contribution is 7.47. The standard InChI is InChI=1S/C52H84NO7P/c1-6-8-10-12-14-16-18-20-22-23-24-25-26-27-28-29-30-32-34-36-38-40-42-44-47-57-49-51(50-59-61(55,56)58-48-46-53(3,4)5)60-52(54)45-43-41-39-37-35-33-31-21-19-17-15-13-11-9-7-2/h8-11,14-17,20-22,24-25,27-28,30-32,35-38,51H,6-7,12-13,18-19,23,26,29,33-34,39-50H2,1-5H3/p+1/b10-8-,11-9-,16-14-,17-15-,22-20-,25-24-,28-27-,31-21-,32-30-,37-35-,38-36-. The summed E-state index contributed by atoms with van der Waals surface area (Å²) < 4.78 is 34.9. The molecule has 0 saturated carbocycles. The monoisotopic (exact) mass is 867 g/mol. The van der Waals surface area contributed by atoms with Crippen molar-refractivity contribution in [1.29, 1.82) is 0 Å². The predicted octanol–water partition coefficient (Wildman–Crippen LogP) is 13.9. The lowest BCUT2D eigenvalue weighted by Crippen LogP contribution is -2.37. The van der Waals surface area contributed by atoms with Crippen LogP contribution in [0.25, 0.3) is 0 Å². The molecule has 0 aliphatic carbocycles. The van der Waals surface area contributed by atoms with Crippen molar-refractivity contribution in [2.24, 2.45) is 0 Å². The Morgan fingerprint density at radius 2 is 0.885 bits per heavy atom. The number of phosphoric acid groups is 1. The summed E-state index contributed by atoms with van der Waals surface area (Å²) in [6.07, 6.45) is 63.6. The van der Waals surface area contributed by atoms with Crippen molar-refractivity contribution in [3.63, 3.8) is 0 Å². The van der Waals surface area contributed by atoms with E-state index in [1.807, 2.05) is 21.1 Å². The summed E-state index contributed by atoms with van der Waals surface area (Å²) in [6, 6.07) is 0. The van der Waals surface area contributed by atoms with E-state index in [1.54, 1.807) is 0 Å². The Kier molecular flexibility index (Phi) is 40.9. The van der Waals surface area contributed by atoms with Crippen molar-refractivity contribution in [3.8, 4) is 0 Å². The highest BCUT2D eigenvalue weighted by Gasteiger charge is 2.26. The van der Waals surface area contributed by atoms with Crippen LogP contribution >= 0.6 is 7.82 Å². The summed E-state index contributed by atoms with van der Waals surface area (Å²) in [5.41, 5.74) is 0. The topological polar surface area (TPSA) is 91.3 Å². The van der Waals surface area contributed by atoms with Crippen molar-refractivity contribution >= 4 is 13.8 Å².